The number of amides is 1. The van der Waals surface area contributed by atoms with Crippen molar-refractivity contribution in [1.82, 2.24) is 5.32 Å². The zero-order valence-electron chi connectivity index (χ0n) is 11.3. The zero-order chi connectivity index (χ0) is 15.3. The van der Waals surface area contributed by atoms with E-state index in [0.717, 1.165) is 6.07 Å². The Labute approximate surface area is 117 Å². The van der Waals surface area contributed by atoms with Crippen LogP contribution in [0.15, 0.2) is 23.1 Å². The van der Waals surface area contributed by atoms with Crippen LogP contribution in [0.25, 0.3) is 0 Å². The molecule has 110 valence electrons. The van der Waals surface area contributed by atoms with Crippen molar-refractivity contribution >= 4 is 21.7 Å². The zero-order valence-corrected chi connectivity index (χ0v) is 12.2. The topological polar surface area (TPSA) is 101 Å². The molecule has 1 aromatic rings. The minimum Gasteiger partial charge on any atom is -0.478 e. The van der Waals surface area contributed by atoms with Crippen molar-refractivity contribution < 1.29 is 23.1 Å². The summed E-state index contributed by atoms with van der Waals surface area (Å²) in [6.07, 6.45) is -0.146. The average Bonchev–Trinajstić information content (AvgIpc) is 2.37. The summed E-state index contributed by atoms with van der Waals surface area (Å²) in [4.78, 5) is 22.2. The Hall–Kier alpha value is -1.89. The molecule has 0 aliphatic heterocycles. The summed E-state index contributed by atoms with van der Waals surface area (Å²) in [5, 5.41) is 11.5. The fourth-order valence-electron chi connectivity index (χ4n) is 1.66. The molecule has 0 bridgehead atoms. The molecule has 1 amide bonds. The predicted molar refractivity (Wildman–Crippen MR) is 73.5 cm³/mol. The largest absolute Gasteiger partial charge is 0.478 e. The molecule has 0 aliphatic carbocycles. The number of sulfone groups is 1. The molecular weight excluding hydrogens is 282 g/mol. The van der Waals surface area contributed by atoms with E-state index in [9.17, 15) is 18.0 Å². The van der Waals surface area contributed by atoms with Gasteiger partial charge in [-0.3, -0.25) is 4.79 Å². The number of aryl methyl sites for hydroxylation is 1. The van der Waals surface area contributed by atoms with Crippen LogP contribution >= 0.6 is 0 Å². The van der Waals surface area contributed by atoms with Crippen molar-refractivity contribution in [3.05, 3.63) is 29.3 Å². The highest BCUT2D eigenvalue weighted by Gasteiger charge is 2.19. The van der Waals surface area contributed by atoms with E-state index in [1.807, 2.05) is 0 Å². The first-order chi connectivity index (χ1) is 9.27. The van der Waals surface area contributed by atoms with Gasteiger partial charge in [-0.1, -0.05) is 6.07 Å². The molecule has 0 saturated heterocycles. The first-order valence-corrected chi connectivity index (χ1v) is 7.76. The van der Waals surface area contributed by atoms with Gasteiger partial charge in [-0.2, -0.15) is 0 Å². The minimum atomic E-state index is -3.67. The molecule has 0 aromatic heterocycles. The van der Waals surface area contributed by atoms with Gasteiger partial charge >= 0.3 is 5.97 Å². The fourth-order valence-corrected chi connectivity index (χ4v) is 2.92. The molecule has 0 unspecified atom stereocenters. The van der Waals surface area contributed by atoms with Crippen LogP contribution in [0.5, 0.6) is 0 Å². The number of carbonyl (C=O) groups excluding carboxylic acids is 1. The molecule has 2 N–H and O–H groups in total. The van der Waals surface area contributed by atoms with E-state index in [2.05, 4.69) is 5.32 Å². The Morgan fingerprint density at radius 2 is 1.95 bits per heavy atom. The van der Waals surface area contributed by atoms with Crippen molar-refractivity contribution in [1.29, 1.82) is 0 Å². The highest BCUT2D eigenvalue weighted by atomic mass is 32.2. The number of carboxylic acids is 1. The van der Waals surface area contributed by atoms with E-state index in [-0.39, 0.29) is 28.5 Å². The molecular formula is C13H17NO5S. The Morgan fingerprint density at radius 3 is 2.50 bits per heavy atom. The van der Waals surface area contributed by atoms with E-state index in [4.69, 9.17) is 5.11 Å². The summed E-state index contributed by atoms with van der Waals surface area (Å²) < 4.78 is 24.1. The standard InChI is InChI=1S/C13H17NO5S/c1-3-14-12(15)6-7-20(18,19)10-5-4-9(2)11(8-10)13(16)17/h4-5,8H,3,6-7H2,1-2H3,(H,14,15)(H,16,17). The number of carbonyl (C=O) groups is 2. The van der Waals surface area contributed by atoms with Crippen LogP contribution in [0.4, 0.5) is 0 Å². The van der Waals surface area contributed by atoms with Gasteiger partial charge in [0.15, 0.2) is 9.84 Å². The maximum Gasteiger partial charge on any atom is 0.335 e. The van der Waals surface area contributed by atoms with E-state index in [0.29, 0.717) is 12.1 Å². The Balaban J connectivity index is 2.96. The number of rotatable bonds is 6. The van der Waals surface area contributed by atoms with E-state index < -0.39 is 15.8 Å². The Kier molecular flexibility index (Phi) is 5.26. The molecule has 7 heteroatoms. The second-order valence-electron chi connectivity index (χ2n) is 4.30. The molecule has 1 aromatic carbocycles. The summed E-state index contributed by atoms with van der Waals surface area (Å²) in [7, 11) is -3.67. The first-order valence-electron chi connectivity index (χ1n) is 6.11. The summed E-state index contributed by atoms with van der Waals surface area (Å²) >= 11 is 0. The highest BCUT2D eigenvalue weighted by Crippen LogP contribution is 2.17. The van der Waals surface area contributed by atoms with Crippen LogP contribution in [0.1, 0.15) is 29.3 Å². The maximum absolute atomic E-state index is 12.1. The highest BCUT2D eigenvalue weighted by molar-refractivity contribution is 7.91. The Bertz CT molecular complexity index is 622. The molecule has 0 radical (unpaired) electrons. The van der Waals surface area contributed by atoms with Crippen LogP contribution < -0.4 is 5.32 Å². The summed E-state index contributed by atoms with van der Waals surface area (Å²) in [5.41, 5.74) is 0.435. The second-order valence-corrected chi connectivity index (χ2v) is 6.41. The van der Waals surface area contributed by atoms with Crippen LogP contribution in [0.3, 0.4) is 0 Å². The van der Waals surface area contributed by atoms with E-state index in [1.165, 1.54) is 12.1 Å². The van der Waals surface area contributed by atoms with E-state index >= 15 is 0 Å². The van der Waals surface area contributed by atoms with Gasteiger partial charge in [0.1, 0.15) is 0 Å². The number of benzene rings is 1. The van der Waals surface area contributed by atoms with Crippen LogP contribution in [0.2, 0.25) is 0 Å². The monoisotopic (exact) mass is 299 g/mol. The molecule has 1 rings (SSSR count). The smallest absolute Gasteiger partial charge is 0.335 e. The number of hydrogen-bond donors (Lipinski definition) is 2. The normalized spacial score (nSPS) is 11.1. The first kappa shape index (κ1) is 16.2. The quantitative estimate of drug-likeness (QED) is 0.816. The lowest BCUT2D eigenvalue weighted by molar-refractivity contribution is -0.120. The van der Waals surface area contributed by atoms with Crippen LogP contribution in [-0.4, -0.2) is 37.7 Å². The average molecular weight is 299 g/mol. The van der Waals surface area contributed by atoms with Crippen molar-refractivity contribution in [3.63, 3.8) is 0 Å². The number of nitrogens with one attached hydrogen (secondary N) is 1. The van der Waals surface area contributed by atoms with Gasteiger partial charge in [-0.25, -0.2) is 13.2 Å². The molecule has 0 atom stereocenters. The van der Waals surface area contributed by atoms with Gasteiger partial charge < -0.3 is 10.4 Å². The maximum atomic E-state index is 12.1. The third kappa shape index (κ3) is 4.06. The lowest BCUT2D eigenvalue weighted by atomic mass is 10.1. The minimum absolute atomic E-state index is 0.0518. The summed E-state index contributed by atoms with van der Waals surface area (Å²) in [5.74, 6) is -1.87. The van der Waals surface area contributed by atoms with Gasteiger partial charge in [0.25, 0.3) is 0 Å². The predicted octanol–water partition coefficient (Wildman–Crippen LogP) is 0.993. The molecule has 6 nitrogen and oxygen atoms in total. The SMILES string of the molecule is CCNC(=O)CCS(=O)(=O)c1ccc(C)c(C(=O)O)c1. The number of carboxylic acid groups (broad SMARTS) is 1. The third-order valence-electron chi connectivity index (χ3n) is 2.77. The molecule has 20 heavy (non-hydrogen) atoms. The van der Waals surface area contributed by atoms with Crippen molar-refractivity contribution in [2.24, 2.45) is 0 Å². The van der Waals surface area contributed by atoms with Gasteiger partial charge in [-0.15, -0.1) is 0 Å². The lowest BCUT2D eigenvalue weighted by Crippen LogP contribution is -2.25. The Morgan fingerprint density at radius 1 is 1.30 bits per heavy atom. The summed E-state index contributed by atoms with van der Waals surface area (Å²) in [6, 6.07) is 3.93. The molecule has 0 fully saturated rings. The lowest BCUT2D eigenvalue weighted by Gasteiger charge is -2.07. The molecule has 0 heterocycles. The molecule has 0 spiro atoms. The fraction of sp³-hybridized carbons (Fsp3) is 0.385. The van der Waals surface area contributed by atoms with Crippen LogP contribution in [0, 0.1) is 6.92 Å². The van der Waals surface area contributed by atoms with Crippen molar-refractivity contribution in [3.8, 4) is 0 Å². The number of hydrogen-bond acceptors (Lipinski definition) is 4. The molecule has 0 saturated carbocycles. The summed E-state index contributed by atoms with van der Waals surface area (Å²) in [6.45, 7) is 3.77. The van der Waals surface area contributed by atoms with Crippen LogP contribution in [-0.2, 0) is 14.6 Å². The van der Waals surface area contributed by atoms with Gasteiger partial charge in [0, 0.05) is 13.0 Å². The second kappa shape index (κ2) is 6.51. The number of aromatic carboxylic acids is 1. The van der Waals surface area contributed by atoms with Gasteiger partial charge in [0.05, 0.1) is 16.2 Å². The van der Waals surface area contributed by atoms with Gasteiger partial charge in [-0.05, 0) is 31.5 Å². The van der Waals surface area contributed by atoms with E-state index in [1.54, 1.807) is 13.8 Å². The molecule has 0 aliphatic rings. The van der Waals surface area contributed by atoms with Crippen molar-refractivity contribution in [2.45, 2.75) is 25.2 Å². The van der Waals surface area contributed by atoms with Crippen molar-refractivity contribution in [2.75, 3.05) is 12.3 Å². The third-order valence-corrected chi connectivity index (χ3v) is 4.48. The van der Waals surface area contributed by atoms with Gasteiger partial charge in [0.2, 0.25) is 5.91 Å².